The Kier molecular flexibility index (Phi) is 7.31. The van der Waals surface area contributed by atoms with Gasteiger partial charge in [0.1, 0.15) is 11.5 Å². The monoisotopic (exact) mass is 493 g/mol. The number of benzene rings is 1. The van der Waals surface area contributed by atoms with Gasteiger partial charge < -0.3 is 20.3 Å². The van der Waals surface area contributed by atoms with Crippen molar-refractivity contribution in [2.45, 2.75) is 70.8 Å². The highest BCUT2D eigenvalue weighted by molar-refractivity contribution is 5.89. The maximum Gasteiger partial charge on any atom is 0.303 e. The van der Waals surface area contributed by atoms with Gasteiger partial charge in [0, 0.05) is 24.8 Å². The standard InChI is InChI=1S/C30H39NO5/c1-18-10-9-13-23-27(33)20(3)19(2)26-24(16-22-11-7-6-8-12-22)31-28(34)30(23,26)25(36-21(4)32)14-15-29(5,35)17-18/h6-9,11-15,18-19,23-27,33,35H,3,10,16-17H2,1-2,4-5H3,(H,31,34)/b13-9-,15-14-/t18-,19?,23?,24-,25+,26?,27+,29-,30+/m0/s1. The highest BCUT2D eigenvalue weighted by atomic mass is 16.5. The van der Waals surface area contributed by atoms with Gasteiger partial charge in [-0.25, -0.2) is 0 Å². The van der Waals surface area contributed by atoms with Crippen LogP contribution in [0.2, 0.25) is 0 Å². The second kappa shape index (κ2) is 9.98. The predicted octanol–water partition coefficient (Wildman–Crippen LogP) is 3.74. The highest BCUT2D eigenvalue weighted by Gasteiger charge is 2.68. The Balaban J connectivity index is 1.92. The van der Waals surface area contributed by atoms with E-state index in [1.54, 1.807) is 19.1 Å². The first-order chi connectivity index (χ1) is 17.0. The lowest BCUT2D eigenvalue weighted by molar-refractivity contribution is -0.166. The SMILES string of the molecule is C=C1C(C)C2[C@H](Cc3ccccc3)NC(=O)[C@@]23C(/C=C\C[C@H](C)C[C@@](C)(O)/C=C\[C@H]3OC(C)=O)[C@@H]1O. The number of ether oxygens (including phenoxy) is 1. The lowest BCUT2D eigenvalue weighted by Gasteiger charge is -2.52. The Morgan fingerprint density at radius 3 is 2.58 bits per heavy atom. The fraction of sp³-hybridized carbons (Fsp3) is 0.533. The van der Waals surface area contributed by atoms with Gasteiger partial charge in [0.25, 0.3) is 0 Å². The number of amides is 1. The third kappa shape index (κ3) is 4.69. The molecule has 1 saturated heterocycles. The number of carbonyl (C=O) groups excluding carboxylic acids is 2. The van der Waals surface area contributed by atoms with Crippen molar-refractivity contribution >= 4 is 11.9 Å². The molecule has 1 spiro atoms. The van der Waals surface area contributed by atoms with E-state index in [9.17, 15) is 19.8 Å². The first kappa shape index (κ1) is 26.4. The zero-order valence-electron chi connectivity index (χ0n) is 21.7. The fourth-order valence-corrected chi connectivity index (χ4v) is 6.90. The number of hydrogen-bond acceptors (Lipinski definition) is 5. The summed E-state index contributed by atoms with van der Waals surface area (Å²) < 4.78 is 5.89. The number of rotatable bonds is 3. The van der Waals surface area contributed by atoms with E-state index in [0.717, 1.165) is 5.56 Å². The Morgan fingerprint density at radius 1 is 1.22 bits per heavy atom. The Bertz CT molecular complexity index is 1060. The topological polar surface area (TPSA) is 95.9 Å². The second-order valence-corrected chi connectivity index (χ2v) is 11.3. The number of nitrogens with one attached hydrogen (secondary N) is 1. The first-order valence-corrected chi connectivity index (χ1v) is 12.9. The van der Waals surface area contributed by atoms with Crippen LogP contribution in [-0.2, 0) is 20.7 Å². The summed E-state index contributed by atoms with van der Waals surface area (Å²) >= 11 is 0. The molecule has 2 aliphatic carbocycles. The summed E-state index contributed by atoms with van der Waals surface area (Å²) in [6, 6.07) is 9.73. The van der Waals surface area contributed by atoms with Crippen molar-refractivity contribution in [3.63, 3.8) is 0 Å². The number of allylic oxidation sites excluding steroid dienone is 1. The quantitative estimate of drug-likeness (QED) is 0.440. The van der Waals surface area contributed by atoms with Crippen molar-refractivity contribution in [3.05, 3.63) is 72.4 Å². The predicted molar refractivity (Wildman–Crippen MR) is 139 cm³/mol. The number of aliphatic hydroxyl groups is 2. The molecule has 4 rings (SSSR count). The second-order valence-electron chi connectivity index (χ2n) is 11.3. The van der Waals surface area contributed by atoms with E-state index in [1.807, 2.05) is 49.4 Å². The van der Waals surface area contributed by atoms with Gasteiger partial charge in [-0.15, -0.1) is 0 Å². The van der Waals surface area contributed by atoms with E-state index in [4.69, 9.17) is 4.74 Å². The number of aliphatic hydroxyl groups excluding tert-OH is 1. The third-order valence-corrected chi connectivity index (χ3v) is 8.43. The van der Waals surface area contributed by atoms with Crippen molar-refractivity contribution < 1.29 is 24.5 Å². The van der Waals surface area contributed by atoms with Crippen LogP contribution in [-0.4, -0.2) is 45.9 Å². The molecule has 1 aromatic rings. The van der Waals surface area contributed by atoms with E-state index in [-0.39, 0.29) is 29.7 Å². The van der Waals surface area contributed by atoms with Gasteiger partial charge in [-0.2, -0.15) is 0 Å². The zero-order valence-corrected chi connectivity index (χ0v) is 21.7. The average Bonchev–Trinajstić information content (AvgIpc) is 3.08. The molecule has 0 radical (unpaired) electrons. The molecule has 194 valence electrons. The minimum Gasteiger partial charge on any atom is -0.457 e. The molecule has 0 bridgehead atoms. The summed E-state index contributed by atoms with van der Waals surface area (Å²) in [5.74, 6) is -1.75. The molecule has 6 nitrogen and oxygen atoms in total. The van der Waals surface area contributed by atoms with Crippen LogP contribution in [0.1, 0.15) is 46.1 Å². The summed E-state index contributed by atoms with van der Waals surface area (Å²) in [5.41, 5.74) is -0.635. The minimum absolute atomic E-state index is 0.170. The van der Waals surface area contributed by atoms with E-state index in [1.165, 1.54) is 6.92 Å². The number of hydrogen-bond donors (Lipinski definition) is 3. The molecule has 3 N–H and O–H groups in total. The van der Waals surface area contributed by atoms with Gasteiger partial charge >= 0.3 is 5.97 Å². The van der Waals surface area contributed by atoms with E-state index in [0.29, 0.717) is 24.8 Å². The molecule has 1 amide bonds. The summed E-state index contributed by atoms with van der Waals surface area (Å²) in [6.07, 6.45) is 7.09. The van der Waals surface area contributed by atoms with Gasteiger partial charge in [-0.1, -0.05) is 69.0 Å². The van der Waals surface area contributed by atoms with Crippen LogP contribution >= 0.6 is 0 Å². The third-order valence-electron chi connectivity index (χ3n) is 8.43. The highest BCUT2D eigenvalue weighted by Crippen LogP contribution is 2.58. The molecular weight excluding hydrogens is 454 g/mol. The molecule has 9 atom stereocenters. The minimum atomic E-state index is -1.26. The molecule has 1 saturated carbocycles. The number of carbonyl (C=O) groups is 2. The maximum atomic E-state index is 14.2. The van der Waals surface area contributed by atoms with Gasteiger partial charge in [0.15, 0.2) is 0 Å². The van der Waals surface area contributed by atoms with Crippen molar-refractivity contribution in [1.29, 1.82) is 0 Å². The van der Waals surface area contributed by atoms with Gasteiger partial charge in [-0.3, -0.25) is 9.59 Å². The Labute approximate surface area is 214 Å². The Hall–Kier alpha value is -2.70. The molecule has 3 aliphatic rings. The summed E-state index contributed by atoms with van der Waals surface area (Å²) in [7, 11) is 0. The molecule has 1 aliphatic heterocycles. The number of esters is 1. The normalized spacial score (nSPS) is 42.3. The first-order valence-electron chi connectivity index (χ1n) is 12.9. The van der Waals surface area contributed by atoms with Crippen LogP contribution < -0.4 is 5.32 Å². The fourth-order valence-electron chi connectivity index (χ4n) is 6.90. The molecule has 1 aromatic carbocycles. The van der Waals surface area contributed by atoms with E-state index in [2.05, 4.69) is 18.8 Å². The van der Waals surface area contributed by atoms with Crippen molar-refractivity contribution in [2.24, 2.45) is 29.1 Å². The van der Waals surface area contributed by atoms with Crippen LogP contribution in [0.15, 0.2) is 66.8 Å². The molecule has 6 heteroatoms. The molecular formula is C30H39NO5. The van der Waals surface area contributed by atoms with E-state index >= 15 is 0 Å². The lowest BCUT2D eigenvalue weighted by atomic mass is 9.51. The average molecular weight is 494 g/mol. The zero-order chi connectivity index (χ0) is 26.3. The molecule has 1 heterocycles. The summed E-state index contributed by atoms with van der Waals surface area (Å²) in [5, 5.41) is 25.8. The molecule has 2 fully saturated rings. The molecule has 0 aromatic heterocycles. The van der Waals surface area contributed by atoms with Gasteiger partial charge in [0.05, 0.1) is 11.7 Å². The smallest absolute Gasteiger partial charge is 0.303 e. The van der Waals surface area contributed by atoms with Crippen LogP contribution in [0, 0.1) is 29.1 Å². The molecule has 3 unspecified atom stereocenters. The van der Waals surface area contributed by atoms with Gasteiger partial charge in [0.2, 0.25) is 5.91 Å². The van der Waals surface area contributed by atoms with Gasteiger partial charge in [-0.05, 0) is 55.2 Å². The lowest BCUT2D eigenvalue weighted by Crippen LogP contribution is -2.60. The van der Waals surface area contributed by atoms with Crippen molar-refractivity contribution in [3.8, 4) is 0 Å². The maximum absolute atomic E-state index is 14.2. The van der Waals surface area contributed by atoms with Crippen LogP contribution in [0.3, 0.4) is 0 Å². The Morgan fingerprint density at radius 2 is 1.92 bits per heavy atom. The summed E-state index contributed by atoms with van der Waals surface area (Å²) in [6.45, 7) is 11.3. The van der Waals surface area contributed by atoms with Crippen LogP contribution in [0.25, 0.3) is 0 Å². The summed E-state index contributed by atoms with van der Waals surface area (Å²) in [4.78, 5) is 26.5. The molecule has 36 heavy (non-hydrogen) atoms. The van der Waals surface area contributed by atoms with Crippen LogP contribution in [0.4, 0.5) is 0 Å². The van der Waals surface area contributed by atoms with Crippen molar-refractivity contribution in [2.75, 3.05) is 0 Å². The van der Waals surface area contributed by atoms with Crippen molar-refractivity contribution in [1.82, 2.24) is 5.32 Å². The van der Waals surface area contributed by atoms with Crippen LogP contribution in [0.5, 0.6) is 0 Å². The largest absolute Gasteiger partial charge is 0.457 e. The van der Waals surface area contributed by atoms with E-state index < -0.39 is 35.1 Å².